The molecule has 6 nitrogen and oxygen atoms in total. The van der Waals surface area contributed by atoms with E-state index in [9.17, 15) is 0 Å². The molecule has 0 atom stereocenters. The molecule has 61 heavy (non-hydrogen) atoms. The molecule has 0 saturated carbocycles. The molecule has 0 amide bonds. The second-order valence-corrected chi connectivity index (χ2v) is 16.1. The normalized spacial score (nSPS) is 11.5. The molecular formula is C54H37N5OPt. The fourth-order valence-corrected chi connectivity index (χ4v) is 9.72. The van der Waals surface area contributed by atoms with E-state index in [1.807, 2.05) is 24.5 Å². The van der Waals surface area contributed by atoms with Crippen LogP contribution >= 0.6 is 0 Å². The predicted molar refractivity (Wildman–Crippen MR) is 243 cm³/mol. The standard InChI is InChI=1S/C54H37N5O.Pt/c1-37-31-53(56-35-48(37)40-19-14-30-55-34-40)59-49-25-9-8-22-46(49)47-29-28-43(33-52(47)59)60-42-21-12-20-41(32-42)57-36-58(51-27-11-10-26-50(51)57)54-44(38-15-4-2-5-16-38)23-13-24-45(54)39-17-6-3-7-18-39;/h2-35H,1H3;. The number of imidazole rings is 1. The van der Waals surface area contributed by atoms with Crippen LogP contribution in [0.3, 0.4) is 0 Å². The molecule has 0 N–H and O–H groups in total. The summed E-state index contributed by atoms with van der Waals surface area (Å²) in [5, 5.41) is 2.30. The summed E-state index contributed by atoms with van der Waals surface area (Å²) in [6.07, 6.45) is 5.63. The van der Waals surface area contributed by atoms with Crippen molar-refractivity contribution in [1.82, 2.24) is 23.7 Å². The van der Waals surface area contributed by atoms with Gasteiger partial charge in [-0.1, -0.05) is 18.2 Å². The monoisotopic (exact) mass is 966 g/mol. The van der Waals surface area contributed by atoms with E-state index >= 15 is 0 Å². The number of hydrogen-bond donors (Lipinski definition) is 0. The minimum Gasteiger partial charge on any atom is -0.264 e. The number of aromatic nitrogens is 5. The Morgan fingerprint density at radius 3 is 1.79 bits per heavy atom. The molecule has 0 aliphatic rings. The molecule has 11 aromatic rings. The number of aryl methyl sites for hydroxylation is 1. The summed E-state index contributed by atoms with van der Waals surface area (Å²) in [4.78, 5) is 9.34. The van der Waals surface area contributed by atoms with Crippen LogP contribution in [0.5, 0.6) is 11.5 Å². The summed E-state index contributed by atoms with van der Waals surface area (Å²) in [5.74, 6) is 2.33. The molecule has 11 rings (SSSR count). The van der Waals surface area contributed by atoms with E-state index < -0.39 is 0 Å². The summed E-state index contributed by atoms with van der Waals surface area (Å²) in [7, 11) is 0. The van der Waals surface area contributed by atoms with Gasteiger partial charge in [-0.2, -0.15) is 0 Å². The Kier molecular flexibility index (Phi) is 9.21. The van der Waals surface area contributed by atoms with Crippen molar-refractivity contribution in [3.8, 4) is 62.1 Å². The van der Waals surface area contributed by atoms with Crippen LogP contribution in [-0.2, 0) is 19.4 Å². The zero-order valence-corrected chi connectivity index (χ0v) is 35.4. The van der Waals surface area contributed by atoms with Gasteiger partial charge < -0.3 is 0 Å². The molecule has 7 heteroatoms. The van der Waals surface area contributed by atoms with Crippen LogP contribution in [0.4, 0.5) is 0 Å². The van der Waals surface area contributed by atoms with Crippen LogP contribution in [-0.4, -0.2) is 23.7 Å². The van der Waals surface area contributed by atoms with Gasteiger partial charge in [0.15, 0.2) is 0 Å². The number of para-hydroxylation sites is 4. The van der Waals surface area contributed by atoms with Crippen LogP contribution in [0.1, 0.15) is 5.56 Å². The average molecular weight is 967 g/mol. The first-order valence-corrected chi connectivity index (χ1v) is 21.4. The summed E-state index contributed by atoms with van der Waals surface area (Å²) < 4.78 is 14.8. The summed E-state index contributed by atoms with van der Waals surface area (Å²) in [6, 6.07) is 66.0. The molecule has 294 valence electrons. The molecule has 0 unspecified atom stereocenters. The smallest absolute Gasteiger partial charge is 0.264 e. The molecule has 0 bridgehead atoms. The van der Waals surface area contributed by atoms with E-state index in [4.69, 9.17) is 9.72 Å². The van der Waals surface area contributed by atoms with Crippen LogP contribution < -0.4 is 4.74 Å². The van der Waals surface area contributed by atoms with Crippen molar-refractivity contribution in [3.05, 3.63) is 216 Å². The van der Waals surface area contributed by atoms with Crippen LogP contribution in [0.15, 0.2) is 207 Å². The molecule has 7 aromatic carbocycles. The van der Waals surface area contributed by atoms with Gasteiger partial charge in [0.1, 0.15) is 0 Å². The van der Waals surface area contributed by atoms with Crippen molar-refractivity contribution in [2.24, 2.45) is 0 Å². The number of rotatable bonds is 8. The van der Waals surface area contributed by atoms with Gasteiger partial charge in [0.25, 0.3) is 0 Å². The topological polar surface area (TPSA) is 49.8 Å². The van der Waals surface area contributed by atoms with Gasteiger partial charge in [-0.15, -0.1) is 0 Å². The molecule has 4 aromatic heterocycles. The molecule has 0 fully saturated rings. The second-order valence-electron chi connectivity index (χ2n) is 15.1. The van der Waals surface area contributed by atoms with Crippen molar-refractivity contribution in [1.29, 1.82) is 0 Å². The summed E-state index contributed by atoms with van der Waals surface area (Å²) in [5.41, 5.74) is 14.3. The Bertz CT molecular complexity index is 3420. The van der Waals surface area contributed by atoms with Crippen molar-refractivity contribution in [2.75, 3.05) is 0 Å². The zero-order chi connectivity index (χ0) is 40.9. The van der Waals surface area contributed by atoms with Gasteiger partial charge >= 0.3 is 294 Å². The molecular weight excluding hydrogens is 930 g/mol. The maximum atomic E-state index is 6.77. The number of ether oxygens (including phenoxy) is 1. The van der Waals surface area contributed by atoms with Crippen LogP contribution in [0.2, 0.25) is 0 Å². The Labute approximate surface area is 363 Å². The Morgan fingerprint density at radius 2 is 1.08 bits per heavy atom. The average Bonchev–Trinajstić information content (AvgIpc) is 3.80. The number of pyridine rings is 2. The van der Waals surface area contributed by atoms with E-state index in [1.165, 1.54) is 0 Å². The summed E-state index contributed by atoms with van der Waals surface area (Å²) >= 11 is 2.49. The predicted octanol–water partition coefficient (Wildman–Crippen LogP) is 13.5. The molecule has 0 aliphatic carbocycles. The third kappa shape index (κ3) is 6.44. The van der Waals surface area contributed by atoms with Gasteiger partial charge in [-0.3, -0.25) is 4.98 Å². The fraction of sp³-hybridized carbons (Fsp3) is 0.0185. The van der Waals surface area contributed by atoms with Gasteiger partial charge in [-0.25, -0.2) is 0 Å². The van der Waals surface area contributed by atoms with E-state index in [-0.39, 0.29) is 0 Å². The van der Waals surface area contributed by atoms with E-state index in [0.29, 0.717) is 0 Å². The fourth-order valence-electron chi connectivity index (χ4n) is 8.63. The second kappa shape index (κ2) is 15.3. The molecule has 4 heterocycles. The first kappa shape index (κ1) is 36.7. The van der Waals surface area contributed by atoms with Crippen LogP contribution in [0, 0.1) is 10.7 Å². The third-order valence-corrected chi connectivity index (χ3v) is 12.4. The third-order valence-electron chi connectivity index (χ3n) is 11.4. The minimum atomic E-state index is 0.740. The quantitative estimate of drug-likeness (QED) is 0.152. The Morgan fingerprint density at radius 1 is 0.459 bits per heavy atom. The molecule has 0 aliphatic heterocycles. The summed E-state index contributed by atoms with van der Waals surface area (Å²) in [6.45, 7) is 2.13. The Hall–Kier alpha value is -7.40. The molecule has 0 spiro atoms. The SMILES string of the molecule is Cc1cc(-n2c3ccccc3c3ccc(Oc4cccc(-n5[c](=[Pt])n(-c6c(-c7ccccc7)cccc6-c6ccccc6)c6ccccc65)c4)cc32)ncc1-c1cccnc1. The van der Waals surface area contributed by atoms with Gasteiger partial charge in [0.2, 0.25) is 0 Å². The van der Waals surface area contributed by atoms with Gasteiger partial charge in [-0.05, 0) is 18.6 Å². The van der Waals surface area contributed by atoms with E-state index in [1.54, 1.807) is 6.20 Å². The first-order valence-electron chi connectivity index (χ1n) is 20.2. The van der Waals surface area contributed by atoms with E-state index in [2.05, 4.69) is 221 Å². The van der Waals surface area contributed by atoms with Crippen LogP contribution in [0.25, 0.3) is 83.4 Å². The van der Waals surface area contributed by atoms with Crippen molar-refractivity contribution in [3.63, 3.8) is 0 Å². The minimum absolute atomic E-state index is 0.740. The molecule has 0 radical (unpaired) electrons. The Balaban J connectivity index is 1.02. The van der Waals surface area contributed by atoms with Crippen molar-refractivity contribution < 1.29 is 24.1 Å². The van der Waals surface area contributed by atoms with Crippen molar-refractivity contribution >= 4 is 32.8 Å². The number of benzene rings is 7. The first-order chi connectivity index (χ1) is 30.1. The number of fused-ring (bicyclic) bond motifs is 4. The maximum absolute atomic E-state index is 6.77. The number of nitrogens with zero attached hydrogens (tertiary/aromatic N) is 5. The van der Waals surface area contributed by atoms with Gasteiger partial charge in [0.05, 0.1) is 0 Å². The number of hydrogen-bond acceptors (Lipinski definition) is 3. The molecule has 0 saturated heterocycles. The van der Waals surface area contributed by atoms with Crippen molar-refractivity contribution in [2.45, 2.75) is 6.92 Å². The van der Waals surface area contributed by atoms with Gasteiger partial charge in [0, 0.05) is 29.7 Å². The zero-order valence-electron chi connectivity index (χ0n) is 33.1. The van der Waals surface area contributed by atoms with E-state index in [0.717, 1.165) is 104 Å².